The molecule has 98 valence electrons. The van der Waals surface area contributed by atoms with Crippen molar-refractivity contribution in [3.05, 3.63) is 29.6 Å². The van der Waals surface area contributed by atoms with Crippen LogP contribution in [0.2, 0.25) is 0 Å². The van der Waals surface area contributed by atoms with Crippen LogP contribution in [0, 0.1) is 11.7 Å². The van der Waals surface area contributed by atoms with E-state index in [-0.39, 0.29) is 17.5 Å². The Morgan fingerprint density at radius 2 is 2.11 bits per heavy atom. The molecule has 1 aromatic rings. The fourth-order valence-corrected chi connectivity index (χ4v) is 3.02. The van der Waals surface area contributed by atoms with Crippen molar-refractivity contribution in [2.75, 3.05) is 0 Å². The number of carboxylic acid groups (broad SMARTS) is 1. The highest BCUT2D eigenvalue weighted by Gasteiger charge is 2.37. The van der Waals surface area contributed by atoms with Gasteiger partial charge in [-0.15, -0.1) is 0 Å². The molecule has 1 aliphatic rings. The molecule has 18 heavy (non-hydrogen) atoms. The molecule has 5 nitrogen and oxygen atoms in total. The molecule has 0 aromatic heterocycles. The first-order valence-electron chi connectivity index (χ1n) is 5.36. The number of sulfonamides is 1. The molecule has 0 amide bonds. The molecule has 0 spiro atoms. The minimum atomic E-state index is -3.92. The second-order valence-corrected chi connectivity index (χ2v) is 6.07. The van der Waals surface area contributed by atoms with Crippen molar-refractivity contribution < 1.29 is 22.7 Å². The van der Waals surface area contributed by atoms with Crippen molar-refractivity contribution >= 4 is 16.0 Å². The van der Waals surface area contributed by atoms with E-state index in [0.717, 1.165) is 18.6 Å². The third-order valence-corrected chi connectivity index (χ3v) is 4.41. The fourth-order valence-electron chi connectivity index (χ4n) is 1.60. The van der Waals surface area contributed by atoms with Gasteiger partial charge in [-0.3, -0.25) is 0 Å². The zero-order valence-corrected chi connectivity index (χ0v) is 10.4. The summed E-state index contributed by atoms with van der Waals surface area (Å²) in [5.41, 5.74) is -0.286. The van der Waals surface area contributed by atoms with E-state index in [1.54, 1.807) is 0 Å². The number of nitrogens with one attached hydrogen (secondary N) is 1. The number of rotatable bonds is 4. The maximum absolute atomic E-state index is 13.6. The molecule has 1 saturated carbocycles. The Bertz CT molecular complexity index is 599. The number of carboxylic acids is 1. The van der Waals surface area contributed by atoms with Crippen LogP contribution in [0.15, 0.2) is 23.1 Å². The molecule has 2 unspecified atom stereocenters. The maximum Gasteiger partial charge on any atom is 0.335 e. The van der Waals surface area contributed by atoms with Gasteiger partial charge in [-0.05, 0) is 30.5 Å². The lowest BCUT2D eigenvalue weighted by Crippen LogP contribution is -2.27. The molecule has 0 aliphatic heterocycles. The van der Waals surface area contributed by atoms with E-state index in [1.165, 1.54) is 0 Å². The highest BCUT2D eigenvalue weighted by Crippen LogP contribution is 2.31. The summed E-state index contributed by atoms with van der Waals surface area (Å²) in [5, 5.41) is 8.66. The Kier molecular flexibility index (Phi) is 3.12. The van der Waals surface area contributed by atoms with Crippen molar-refractivity contribution in [2.24, 2.45) is 5.92 Å². The number of aromatic carboxylic acids is 1. The first-order valence-corrected chi connectivity index (χ1v) is 6.85. The van der Waals surface area contributed by atoms with Crippen LogP contribution in [-0.4, -0.2) is 25.5 Å². The van der Waals surface area contributed by atoms with Crippen molar-refractivity contribution in [3.8, 4) is 0 Å². The van der Waals surface area contributed by atoms with E-state index < -0.39 is 26.7 Å². The monoisotopic (exact) mass is 273 g/mol. The maximum atomic E-state index is 13.6. The molecule has 1 fully saturated rings. The van der Waals surface area contributed by atoms with Crippen molar-refractivity contribution in [1.29, 1.82) is 0 Å². The number of hydrogen-bond acceptors (Lipinski definition) is 3. The van der Waals surface area contributed by atoms with Crippen LogP contribution in [0.5, 0.6) is 0 Å². The van der Waals surface area contributed by atoms with Crippen LogP contribution in [-0.2, 0) is 10.0 Å². The van der Waals surface area contributed by atoms with Gasteiger partial charge in [-0.1, -0.05) is 6.92 Å². The van der Waals surface area contributed by atoms with Crippen LogP contribution < -0.4 is 4.72 Å². The van der Waals surface area contributed by atoms with E-state index in [9.17, 15) is 17.6 Å². The molecule has 0 radical (unpaired) electrons. The normalized spacial score (nSPS) is 22.8. The molecular weight excluding hydrogens is 261 g/mol. The number of hydrogen-bond donors (Lipinski definition) is 2. The Balaban J connectivity index is 2.30. The molecule has 7 heteroatoms. The van der Waals surface area contributed by atoms with Gasteiger partial charge in [-0.2, -0.15) is 0 Å². The van der Waals surface area contributed by atoms with Gasteiger partial charge in [0.25, 0.3) is 0 Å². The summed E-state index contributed by atoms with van der Waals surface area (Å²) in [6.45, 7) is 1.89. The summed E-state index contributed by atoms with van der Waals surface area (Å²) < 4.78 is 39.6. The predicted octanol–water partition coefficient (Wildman–Crippen LogP) is 1.21. The zero-order valence-electron chi connectivity index (χ0n) is 9.55. The van der Waals surface area contributed by atoms with E-state index in [2.05, 4.69) is 4.72 Å². The summed E-state index contributed by atoms with van der Waals surface area (Å²) >= 11 is 0. The van der Waals surface area contributed by atoms with Gasteiger partial charge in [0.2, 0.25) is 10.0 Å². The highest BCUT2D eigenvalue weighted by atomic mass is 32.2. The Morgan fingerprint density at radius 3 is 2.56 bits per heavy atom. The molecule has 0 saturated heterocycles. The SMILES string of the molecule is CC1CC1NS(=O)(=O)c1ccc(C(=O)O)cc1F. The zero-order chi connectivity index (χ0) is 13.5. The second-order valence-electron chi connectivity index (χ2n) is 4.39. The Morgan fingerprint density at radius 1 is 1.50 bits per heavy atom. The molecule has 1 aromatic carbocycles. The van der Waals surface area contributed by atoms with Crippen molar-refractivity contribution in [3.63, 3.8) is 0 Å². The standard InChI is InChI=1S/C11H12FNO4S/c1-6-4-9(6)13-18(16,17)10-3-2-7(11(14)15)5-8(10)12/h2-3,5-6,9,13H,4H2,1H3,(H,14,15). The number of carbonyl (C=O) groups is 1. The lowest BCUT2D eigenvalue weighted by Gasteiger charge is -2.07. The molecular formula is C11H12FNO4S. The van der Waals surface area contributed by atoms with E-state index in [1.807, 2.05) is 6.92 Å². The van der Waals surface area contributed by atoms with Crippen molar-refractivity contribution in [1.82, 2.24) is 4.72 Å². The summed E-state index contributed by atoms with van der Waals surface area (Å²) in [6, 6.07) is 2.58. The first-order chi connectivity index (χ1) is 8.31. The van der Waals surface area contributed by atoms with Crippen LogP contribution in [0.4, 0.5) is 4.39 Å². The molecule has 2 atom stereocenters. The molecule has 2 N–H and O–H groups in total. The van der Waals surface area contributed by atoms with E-state index >= 15 is 0 Å². The van der Waals surface area contributed by atoms with Gasteiger partial charge < -0.3 is 5.11 Å². The van der Waals surface area contributed by atoms with Crippen LogP contribution in [0.3, 0.4) is 0 Å². The Hall–Kier alpha value is -1.47. The smallest absolute Gasteiger partial charge is 0.335 e. The molecule has 0 heterocycles. The van der Waals surface area contributed by atoms with Gasteiger partial charge in [0.1, 0.15) is 10.7 Å². The summed E-state index contributed by atoms with van der Waals surface area (Å²) in [6.07, 6.45) is 0.730. The number of halogens is 1. The quantitative estimate of drug-likeness (QED) is 0.863. The molecule has 0 bridgehead atoms. The van der Waals surface area contributed by atoms with Crippen LogP contribution >= 0.6 is 0 Å². The topological polar surface area (TPSA) is 83.5 Å². The van der Waals surface area contributed by atoms with Crippen molar-refractivity contribution in [2.45, 2.75) is 24.3 Å². The Labute approximate surface area is 104 Å². The molecule has 1 aliphatic carbocycles. The lowest BCUT2D eigenvalue weighted by atomic mass is 10.2. The number of benzene rings is 1. The predicted molar refractivity (Wildman–Crippen MR) is 61.2 cm³/mol. The summed E-state index contributed by atoms with van der Waals surface area (Å²) in [5.74, 6) is -2.11. The molecule has 2 rings (SSSR count). The largest absolute Gasteiger partial charge is 0.478 e. The fraction of sp³-hybridized carbons (Fsp3) is 0.364. The second kappa shape index (κ2) is 4.33. The minimum Gasteiger partial charge on any atom is -0.478 e. The minimum absolute atomic E-state index is 0.159. The van der Waals surface area contributed by atoms with Gasteiger partial charge in [0.15, 0.2) is 0 Å². The average Bonchev–Trinajstić information content (AvgIpc) is 2.92. The van der Waals surface area contributed by atoms with Crippen LogP contribution in [0.25, 0.3) is 0 Å². The van der Waals surface area contributed by atoms with E-state index in [0.29, 0.717) is 6.07 Å². The van der Waals surface area contributed by atoms with Gasteiger partial charge in [0.05, 0.1) is 5.56 Å². The van der Waals surface area contributed by atoms with Gasteiger partial charge in [-0.25, -0.2) is 22.3 Å². The van der Waals surface area contributed by atoms with E-state index in [4.69, 9.17) is 5.11 Å². The third kappa shape index (κ3) is 2.51. The lowest BCUT2D eigenvalue weighted by molar-refractivity contribution is 0.0696. The summed E-state index contributed by atoms with van der Waals surface area (Å²) in [7, 11) is -3.92. The van der Waals surface area contributed by atoms with Crippen LogP contribution in [0.1, 0.15) is 23.7 Å². The van der Waals surface area contributed by atoms with Gasteiger partial charge >= 0.3 is 5.97 Å². The average molecular weight is 273 g/mol. The first kappa shape index (κ1) is 13.0. The highest BCUT2D eigenvalue weighted by molar-refractivity contribution is 7.89. The third-order valence-electron chi connectivity index (χ3n) is 2.88. The summed E-state index contributed by atoms with van der Waals surface area (Å²) in [4.78, 5) is 10.1. The van der Waals surface area contributed by atoms with Gasteiger partial charge in [0, 0.05) is 6.04 Å².